The zero-order valence-electron chi connectivity index (χ0n) is 33.2. The number of carbonyl (C=O) groups excluding carboxylic acids is 6. The third-order valence-corrected chi connectivity index (χ3v) is 10.7. The Bertz CT molecular complexity index is 1360. The summed E-state index contributed by atoms with van der Waals surface area (Å²) >= 11 is 1.89. The van der Waals surface area contributed by atoms with Gasteiger partial charge in [0.15, 0.2) is 0 Å². The second-order valence-corrected chi connectivity index (χ2v) is 15.0. The smallest absolute Gasteiger partial charge is 0.408 e. The van der Waals surface area contributed by atoms with Crippen molar-refractivity contribution in [3.63, 3.8) is 0 Å². The van der Waals surface area contributed by atoms with Gasteiger partial charge in [-0.05, 0) is 50.5 Å². The van der Waals surface area contributed by atoms with Crippen LogP contribution in [0.3, 0.4) is 0 Å². The predicted molar refractivity (Wildman–Crippen MR) is 213 cm³/mol. The standard InChI is InChI=1S/C39H62N6O11S/c1-52-37(49)30(44-39(51)56-27-29-11-3-2-4-12-29)13-7-8-18-40-34(47)16-17-35(48)42-20-10-22-54-24-26-55-25-23-53-21-9-19-41-33(46)15-6-5-14-32-36-31(28-57-32)43-38(50)45-36/h2-4,11-12,30-32,36H,5-10,13-28H2,1H3,(H,40,47)(H,41,46)(H,42,48)(H,44,51)(H2,43,45,50)/t30-,31-,32-,36-/m0/s1. The van der Waals surface area contributed by atoms with Crippen LogP contribution in [-0.2, 0) is 49.5 Å². The van der Waals surface area contributed by atoms with Gasteiger partial charge in [0.25, 0.3) is 0 Å². The van der Waals surface area contributed by atoms with E-state index in [1.54, 1.807) is 0 Å². The van der Waals surface area contributed by atoms with Gasteiger partial charge in [-0.3, -0.25) is 14.4 Å². The normalized spacial score (nSPS) is 17.4. The lowest BCUT2D eigenvalue weighted by atomic mass is 10.0. The number of amides is 6. The minimum atomic E-state index is -0.868. The molecule has 3 rings (SSSR count). The first-order valence-electron chi connectivity index (χ1n) is 20.0. The number of nitrogens with one attached hydrogen (secondary N) is 6. The van der Waals surface area contributed by atoms with Gasteiger partial charge in [0.2, 0.25) is 17.7 Å². The van der Waals surface area contributed by atoms with Crippen LogP contribution in [0.1, 0.15) is 76.2 Å². The number of fused-ring (bicyclic) bond motifs is 1. The van der Waals surface area contributed by atoms with Crippen molar-refractivity contribution in [2.45, 2.75) is 101 Å². The summed E-state index contributed by atoms with van der Waals surface area (Å²) in [5.41, 5.74) is 0.822. The highest BCUT2D eigenvalue weighted by atomic mass is 32.2. The summed E-state index contributed by atoms with van der Waals surface area (Å²) in [5, 5.41) is 17.4. The Hall–Kier alpha value is -4.13. The van der Waals surface area contributed by atoms with Crippen molar-refractivity contribution in [3.8, 4) is 0 Å². The van der Waals surface area contributed by atoms with E-state index < -0.39 is 18.1 Å². The average Bonchev–Trinajstić information content (AvgIpc) is 3.77. The molecule has 4 atom stereocenters. The van der Waals surface area contributed by atoms with Gasteiger partial charge in [0, 0.05) is 63.1 Å². The molecule has 0 aromatic heterocycles. The van der Waals surface area contributed by atoms with Crippen LogP contribution in [0.15, 0.2) is 30.3 Å². The second-order valence-electron chi connectivity index (χ2n) is 13.7. The molecule has 1 aromatic rings. The SMILES string of the molecule is COC(=O)[C@H](CCCCNC(=O)CCC(=O)NCCCOCCOCCOCCCNC(=O)CCCC[C@@H]1SC[C@@H]2NC(=O)N[C@@H]21)NC(=O)OCc1ccccc1. The highest BCUT2D eigenvalue weighted by Crippen LogP contribution is 2.33. The molecule has 0 aliphatic carbocycles. The number of rotatable bonds is 31. The number of thioether (sulfide) groups is 1. The molecule has 2 aliphatic heterocycles. The molecule has 2 heterocycles. The van der Waals surface area contributed by atoms with E-state index >= 15 is 0 Å². The molecule has 2 fully saturated rings. The van der Waals surface area contributed by atoms with E-state index in [0.29, 0.717) is 96.6 Å². The summed E-state index contributed by atoms with van der Waals surface area (Å²) in [6, 6.07) is 8.68. The van der Waals surface area contributed by atoms with Crippen LogP contribution in [-0.4, -0.2) is 131 Å². The van der Waals surface area contributed by atoms with Gasteiger partial charge in [-0.2, -0.15) is 11.8 Å². The van der Waals surface area contributed by atoms with Gasteiger partial charge >= 0.3 is 18.1 Å². The van der Waals surface area contributed by atoms with E-state index in [4.69, 9.17) is 23.7 Å². The maximum atomic E-state index is 12.2. The van der Waals surface area contributed by atoms with Gasteiger partial charge in [0.05, 0.1) is 45.6 Å². The molecular weight excluding hydrogens is 761 g/mol. The monoisotopic (exact) mass is 822 g/mol. The zero-order chi connectivity index (χ0) is 40.9. The van der Waals surface area contributed by atoms with Crippen LogP contribution >= 0.6 is 11.8 Å². The molecule has 0 radical (unpaired) electrons. The molecule has 2 saturated heterocycles. The van der Waals surface area contributed by atoms with E-state index in [-0.39, 0.29) is 55.3 Å². The zero-order valence-corrected chi connectivity index (χ0v) is 34.0. The second kappa shape index (κ2) is 29.1. The Balaban J connectivity index is 1.02. The summed E-state index contributed by atoms with van der Waals surface area (Å²) in [7, 11) is 1.25. The van der Waals surface area contributed by atoms with Crippen LogP contribution in [0, 0.1) is 0 Å². The summed E-state index contributed by atoms with van der Waals surface area (Å²) in [4.78, 5) is 72.1. The Kier molecular flexibility index (Phi) is 24.2. The van der Waals surface area contributed by atoms with Crippen molar-refractivity contribution < 1.29 is 52.5 Å². The van der Waals surface area contributed by atoms with E-state index in [0.717, 1.165) is 37.0 Å². The largest absolute Gasteiger partial charge is 0.467 e. The first kappa shape index (κ1) is 47.2. The molecule has 0 saturated carbocycles. The topological polar surface area (TPSA) is 221 Å². The lowest BCUT2D eigenvalue weighted by Gasteiger charge is -2.16. The summed E-state index contributed by atoms with van der Waals surface area (Å²) in [6.45, 7) is 4.21. The highest BCUT2D eigenvalue weighted by Gasteiger charge is 2.42. The number of benzene rings is 1. The van der Waals surface area contributed by atoms with Gasteiger partial charge < -0.3 is 55.6 Å². The lowest BCUT2D eigenvalue weighted by molar-refractivity contribution is -0.143. The van der Waals surface area contributed by atoms with Crippen LogP contribution < -0.4 is 31.9 Å². The number of carbonyl (C=O) groups is 6. The maximum Gasteiger partial charge on any atom is 0.408 e. The third kappa shape index (κ3) is 21.3. The van der Waals surface area contributed by atoms with Crippen LogP contribution in [0.4, 0.5) is 9.59 Å². The Morgan fingerprint density at radius 3 is 1.96 bits per heavy atom. The van der Waals surface area contributed by atoms with Crippen molar-refractivity contribution in [2.75, 3.05) is 72.1 Å². The molecule has 2 aliphatic rings. The van der Waals surface area contributed by atoms with Crippen molar-refractivity contribution in [3.05, 3.63) is 35.9 Å². The fourth-order valence-corrected chi connectivity index (χ4v) is 7.66. The van der Waals surface area contributed by atoms with E-state index in [9.17, 15) is 28.8 Å². The first-order chi connectivity index (χ1) is 27.7. The molecule has 0 spiro atoms. The molecule has 6 N–H and O–H groups in total. The van der Waals surface area contributed by atoms with Crippen molar-refractivity contribution in [1.29, 1.82) is 0 Å². The van der Waals surface area contributed by atoms with Gasteiger partial charge in [-0.15, -0.1) is 0 Å². The Morgan fingerprint density at radius 2 is 1.33 bits per heavy atom. The lowest BCUT2D eigenvalue weighted by Crippen LogP contribution is -2.41. The molecule has 18 heteroatoms. The minimum Gasteiger partial charge on any atom is -0.467 e. The maximum absolute atomic E-state index is 12.2. The van der Waals surface area contributed by atoms with Crippen LogP contribution in [0.5, 0.6) is 0 Å². The average molecular weight is 823 g/mol. The number of ether oxygens (including phenoxy) is 5. The van der Waals surface area contributed by atoms with E-state index in [1.807, 2.05) is 42.1 Å². The number of hydrogen-bond acceptors (Lipinski definition) is 12. The quantitative estimate of drug-likeness (QED) is 0.0361. The fourth-order valence-electron chi connectivity index (χ4n) is 6.11. The number of esters is 1. The molecule has 1 aromatic carbocycles. The summed E-state index contributed by atoms with van der Waals surface area (Å²) < 4.78 is 26.6. The number of hydrogen-bond donors (Lipinski definition) is 6. The summed E-state index contributed by atoms with van der Waals surface area (Å²) in [5.74, 6) is -0.0375. The predicted octanol–water partition coefficient (Wildman–Crippen LogP) is 2.31. The van der Waals surface area contributed by atoms with Gasteiger partial charge in [-0.25, -0.2) is 14.4 Å². The molecule has 57 heavy (non-hydrogen) atoms. The number of alkyl carbamates (subject to hydrolysis) is 1. The van der Waals surface area contributed by atoms with Gasteiger partial charge in [-0.1, -0.05) is 36.8 Å². The van der Waals surface area contributed by atoms with Crippen LogP contribution in [0.25, 0.3) is 0 Å². The third-order valence-electron chi connectivity index (χ3n) is 9.21. The Labute approximate surface area is 339 Å². The summed E-state index contributed by atoms with van der Waals surface area (Å²) in [6.07, 6.45) is 5.50. The molecule has 6 amide bonds. The van der Waals surface area contributed by atoms with Crippen LogP contribution in [0.2, 0.25) is 0 Å². The Morgan fingerprint density at radius 1 is 0.737 bits per heavy atom. The number of urea groups is 1. The van der Waals surface area contributed by atoms with E-state index in [2.05, 4.69) is 31.9 Å². The number of unbranched alkanes of at least 4 members (excludes halogenated alkanes) is 2. The van der Waals surface area contributed by atoms with Crippen molar-refractivity contribution in [1.82, 2.24) is 31.9 Å². The number of methoxy groups -OCH3 is 1. The van der Waals surface area contributed by atoms with E-state index in [1.165, 1.54) is 7.11 Å². The fraction of sp³-hybridized carbons (Fsp3) is 0.692. The van der Waals surface area contributed by atoms with Gasteiger partial charge in [0.1, 0.15) is 12.6 Å². The molecule has 17 nitrogen and oxygen atoms in total. The first-order valence-corrected chi connectivity index (χ1v) is 21.1. The van der Waals surface area contributed by atoms with Crippen molar-refractivity contribution in [2.24, 2.45) is 0 Å². The highest BCUT2D eigenvalue weighted by molar-refractivity contribution is 8.00. The molecular formula is C39H62N6O11S. The molecule has 0 bridgehead atoms. The minimum absolute atomic E-state index is 0.0555. The molecule has 320 valence electrons. The van der Waals surface area contributed by atoms with Crippen molar-refractivity contribution >= 4 is 47.6 Å². The molecule has 0 unspecified atom stereocenters.